The SMILES string of the molecule is CCOC(=O)N1CCN(c2nc(C)cc(NCc3cccc(C)c3)n2)CC1. The molecule has 3 rings (SSSR count). The molecule has 0 aliphatic carbocycles. The predicted molar refractivity (Wildman–Crippen MR) is 106 cm³/mol. The largest absolute Gasteiger partial charge is 0.450 e. The minimum atomic E-state index is -0.247. The number of piperazine rings is 1. The normalized spacial score (nSPS) is 14.2. The van der Waals surface area contributed by atoms with Crippen molar-refractivity contribution in [3.05, 3.63) is 47.2 Å². The Morgan fingerprint density at radius 1 is 1.15 bits per heavy atom. The first-order valence-electron chi connectivity index (χ1n) is 9.37. The van der Waals surface area contributed by atoms with Crippen LogP contribution in [0, 0.1) is 13.8 Å². The van der Waals surface area contributed by atoms with E-state index in [9.17, 15) is 4.79 Å². The molecule has 0 unspecified atom stereocenters. The van der Waals surface area contributed by atoms with Gasteiger partial charge in [-0.2, -0.15) is 4.98 Å². The Labute approximate surface area is 160 Å². The summed E-state index contributed by atoms with van der Waals surface area (Å²) in [5.41, 5.74) is 3.38. The number of nitrogens with zero attached hydrogens (tertiary/aromatic N) is 4. The zero-order chi connectivity index (χ0) is 19.2. The molecule has 1 aromatic heterocycles. The predicted octanol–water partition coefficient (Wildman–Crippen LogP) is 2.98. The van der Waals surface area contributed by atoms with Gasteiger partial charge in [0.1, 0.15) is 5.82 Å². The molecule has 7 nitrogen and oxygen atoms in total. The molecule has 0 atom stereocenters. The highest BCUT2D eigenvalue weighted by molar-refractivity contribution is 5.68. The Kier molecular flexibility index (Phi) is 6.11. The van der Waals surface area contributed by atoms with Crippen molar-refractivity contribution >= 4 is 17.9 Å². The topological polar surface area (TPSA) is 70.6 Å². The number of rotatable bonds is 5. The number of anilines is 2. The van der Waals surface area contributed by atoms with Crippen LogP contribution in [0.4, 0.5) is 16.6 Å². The van der Waals surface area contributed by atoms with Crippen molar-refractivity contribution in [3.8, 4) is 0 Å². The second-order valence-corrected chi connectivity index (χ2v) is 6.71. The van der Waals surface area contributed by atoms with E-state index in [1.54, 1.807) is 4.90 Å². The van der Waals surface area contributed by atoms with Gasteiger partial charge in [0, 0.05) is 44.5 Å². The molecule has 0 spiro atoms. The third kappa shape index (κ3) is 5.09. The fraction of sp³-hybridized carbons (Fsp3) is 0.450. The van der Waals surface area contributed by atoms with E-state index < -0.39 is 0 Å². The van der Waals surface area contributed by atoms with Gasteiger partial charge < -0.3 is 19.9 Å². The third-order valence-corrected chi connectivity index (χ3v) is 4.49. The molecule has 1 N–H and O–H groups in total. The molecule has 7 heteroatoms. The number of hydrogen-bond donors (Lipinski definition) is 1. The van der Waals surface area contributed by atoms with Gasteiger partial charge >= 0.3 is 6.09 Å². The van der Waals surface area contributed by atoms with Crippen LogP contribution in [0.3, 0.4) is 0 Å². The first-order chi connectivity index (χ1) is 13.0. The Bertz CT molecular complexity index is 788. The minimum absolute atomic E-state index is 0.247. The molecule has 1 aromatic carbocycles. The van der Waals surface area contributed by atoms with Crippen LogP contribution in [-0.4, -0.2) is 53.7 Å². The van der Waals surface area contributed by atoms with E-state index in [0.29, 0.717) is 45.3 Å². The minimum Gasteiger partial charge on any atom is -0.450 e. The zero-order valence-electron chi connectivity index (χ0n) is 16.2. The number of ether oxygens (including phenoxy) is 1. The van der Waals surface area contributed by atoms with E-state index in [1.165, 1.54) is 11.1 Å². The van der Waals surface area contributed by atoms with E-state index in [2.05, 4.69) is 51.4 Å². The third-order valence-electron chi connectivity index (χ3n) is 4.49. The smallest absolute Gasteiger partial charge is 0.409 e. The molecule has 0 radical (unpaired) electrons. The summed E-state index contributed by atoms with van der Waals surface area (Å²) in [5.74, 6) is 1.51. The fourth-order valence-electron chi connectivity index (χ4n) is 3.10. The summed E-state index contributed by atoms with van der Waals surface area (Å²) in [7, 11) is 0. The lowest BCUT2D eigenvalue weighted by atomic mass is 10.1. The number of aryl methyl sites for hydroxylation is 2. The van der Waals surface area contributed by atoms with Crippen molar-refractivity contribution in [2.24, 2.45) is 0 Å². The maximum atomic E-state index is 11.8. The van der Waals surface area contributed by atoms with Crippen molar-refractivity contribution in [2.45, 2.75) is 27.3 Å². The fourth-order valence-corrected chi connectivity index (χ4v) is 3.10. The van der Waals surface area contributed by atoms with Gasteiger partial charge in [-0.05, 0) is 26.3 Å². The van der Waals surface area contributed by atoms with E-state index >= 15 is 0 Å². The van der Waals surface area contributed by atoms with Crippen LogP contribution in [0.2, 0.25) is 0 Å². The second-order valence-electron chi connectivity index (χ2n) is 6.71. The molecule has 1 fully saturated rings. The lowest BCUT2D eigenvalue weighted by Crippen LogP contribution is -2.49. The van der Waals surface area contributed by atoms with Gasteiger partial charge in [0.25, 0.3) is 0 Å². The van der Waals surface area contributed by atoms with Crippen LogP contribution in [0.25, 0.3) is 0 Å². The number of benzene rings is 1. The van der Waals surface area contributed by atoms with E-state index in [0.717, 1.165) is 11.5 Å². The Morgan fingerprint density at radius 2 is 1.93 bits per heavy atom. The van der Waals surface area contributed by atoms with E-state index in [-0.39, 0.29) is 6.09 Å². The van der Waals surface area contributed by atoms with Gasteiger partial charge in [-0.25, -0.2) is 9.78 Å². The molecule has 0 saturated carbocycles. The summed E-state index contributed by atoms with van der Waals surface area (Å²) < 4.78 is 5.07. The number of nitrogens with one attached hydrogen (secondary N) is 1. The number of carbonyl (C=O) groups is 1. The molecule has 1 amide bonds. The average molecular weight is 369 g/mol. The summed E-state index contributed by atoms with van der Waals surface area (Å²) in [6.45, 7) is 9.61. The van der Waals surface area contributed by atoms with Crippen LogP contribution < -0.4 is 10.2 Å². The van der Waals surface area contributed by atoms with E-state index in [4.69, 9.17) is 4.74 Å². The standard InChI is InChI=1S/C20H27N5O2/c1-4-27-20(26)25-10-8-24(9-11-25)19-22-16(3)13-18(23-19)21-14-17-7-5-6-15(2)12-17/h5-7,12-13H,4,8-11,14H2,1-3H3,(H,21,22,23). The van der Waals surface area contributed by atoms with Gasteiger partial charge in [0.2, 0.25) is 5.95 Å². The highest BCUT2D eigenvalue weighted by Crippen LogP contribution is 2.17. The van der Waals surface area contributed by atoms with Gasteiger partial charge in [-0.15, -0.1) is 0 Å². The highest BCUT2D eigenvalue weighted by atomic mass is 16.6. The van der Waals surface area contributed by atoms with Crippen molar-refractivity contribution in [1.82, 2.24) is 14.9 Å². The summed E-state index contributed by atoms with van der Waals surface area (Å²) >= 11 is 0. The molecule has 1 aliphatic heterocycles. The van der Waals surface area contributed by atoms with Crippen LogP contribution in [-0.2, 0) is 11.3 Å². The molecule has 27 heavy (non-hydrogen) atoms. The quantitative estimate of drug-likeness (QED) is 0.874. The molecule has 1 saturated heterocycles. The van der Waals surface area contributed by atoms with Gasteiger partial charge in [0.15, 0.2) is 0 Å². The van der Waals surface area contributed by atoms with Gasteiger partial charge in [-0.1, -0.05) is 29.8 Å². The molecule has 1 aliphatic rings. The first-order valence-corrected chi connectivity index (χ1v) is 9.37. The summed E-state index contributed by atoms with van der Waals surface area (Å²) in [5, 5.41) is 3.39. The molecule has 2 aromatic rings. The maximum absolute atomic E-state index is 11.8. The monoisotopic (exact) mass is 369 g/mol. The zero-order valence-corrected chi connectivity index (χ0v) is 16.2. The van der Waals surface area contributed by atoms with Crippen molar-refractivity contribution in [2.75, 3.05) is 43.0 Å². The number of carbonyl (C=O) groups excluding carboxylic acids is 1. The lowest BCUT2D eigenvalue weighted by molar-refractivity contribution is 0.105. The van der Waals surface area contributed by atoms with Crippen LogP contribution in [0.1, 0.15) is 23.7 Å². The van der Waals surface area contributed by atoms with E-state index in [1.807, 2.05) is 19.9 Å². The number of hydrogen-bond acceptors (Lipinski definition) is 6. The summed E-state index contributed by atoms with van der Waals surface area (Å²) in [6.07, 6.45) is -0.247. The Morgan fingerprint density at radius 3 is 2.63 bits per heavy atom. The Hall–Kier alpha value is -2.83. The maximum Gasteiger partial charge on any atom is 0.409 e. The van der Waals surface area contributed by atoms with Gasteiger partial charge in [-0.3, -0.25) is 0 Å². The van der Waals surface area contributed by atoms with Crippen LogP contribution >= 0.6 is 0 Å². The van der Waals surface area contributed by atoms with Crippen molar-refractivity contribution in [1.29, 1.82) is 0 Å². The van der Waals surface area contributed by atoms with Crippen molar-refractivity contribution < 1.29 is 9.53 Å². The second kappa shape index (κ2) is 8.70. The van der Waals surface area contributed by atoms with Gasteiger partial charge in [0.05, 0.1) is 6.61 Å². The first kappa shape index (κ1) is 18.9. The lowest BCUT2D eigenvalue weighted by Gasteiger charge is -2.34. The molecular formula is C20H27N5O2. The summed E-state index contributed by atoms with van der Waals surface area (Å²) in [4.78, 5) is 24.9. The summed E-state index contributed by atoms with van der Waals surface area (Å²) in [6, 6.07) is 10.4. The van der Waals surface area contributed by atoms with Crippen molar-refractivity contribution in [3.63, 3.8) is 0 Å². The molecule has 0 bridgehead atoms. The number of aromatic nitrogens is 2. The van der Waals surface area contributed by atoms with Crippen LogP contribution in [0.5, 0.6) is 0 Å². The number of amides is 1. The molecule has 144 valence electrons. The average Bonchev–Trinajstić information content (AvgIpc) is 2.66. The highest BCUT2D eigenvalue weighted by Gasteiger charge is 2.23. The molecular weight excluding hydrogens is 342 g/mol. The van der Waals surface area contributed by atoms with Crippen LogP contribution in [0.15, 0.2) is 30.3 Å². The molecule has 2 heterocycles. The Balaban J connectivity index is 1.63.